The minimum absolute atomic E-state index is 0.0599. The van der Waals surface area contributed by atoms with Crippen molar-refractivity contribution in [2.45, 2.75) is 25.9 Å². The maximum Gasteiger partial charge on any atom is 0.432 e. The molecule has 0 saturated heterocycles. The lowest BCUT2D eigenvalue weighted by molar-refractivity contribution is -0.189. The quantitative estimate of drug-likeness (QED) is 0.178. The third-order valence-electron chi connectivity index (χ3n) is 6.54. The Morgan fingerprint density at radius 1 is 0.615 bits per heavy atom. The van der Waals surface area contributed by atoms with E-state index >= 15 is 8.78 Å². The molecule has 1 aliphatic rings. The van der Waals surface area contributed by atoms with Crippen LogP contribution in [0.2, 0.25) is 0 Å². The van der Waals surface area contributed by atoms with E-state index in [1.54, 1.807) is 6.07 Å². The topological polar surface area (TPSA) is 9.23 Å². The van der Waals surface area contributed by atoms with Gasteiger partial charge in [-0.1, -0.05) is 25.1 Å². The predicted molar refractivity (Wildman–Crippen MR) is 125 cm³/mol. The Morgan fingerprint density at radius 3 is 1.74 bits per heavy atom. The molecule has 0 radical (unpaired) electrons. The van der Waals surface area contributed by atoms with E-state index in [-0.39, 0.29) is 29.8 Å². The fourth-order valence-electron chi connectivity index (χ4n) is 4.82. The highest BCUT2D eigenvalue weighted by Gasteiger charge is 2.42. The normalized spacial score (nSPS) is 15.0. The van der Waals surface area contributed by atoms with Gasteiger partial charge in [0.05, 0.1) is 5.56 Å². The Hall–Kier alpha value is -3.95. The van der Waals surface area contributed by atoms with Crippen molar-refractivity contribution in [3.63, 3.8) is 0 Å². The predicted octanol–water partition coefficient (Wildman–Crippen LogP) is 8.86. The highest BCUT2D eigenvalue weighted by Crippen LogP contribution is 2.39. The molecule has 0 fully saturated rings. The second-order valence-corrected chi connectivity index (χ2v) is 9.45. The number of halogens is 9. The second kappa shape index (κ2) is 9.66. The summed E-state index contributed by atoms with van der Waals surface area (Å²) in [5.74, 6) is -12.8. The largest absolute Gasteiger partial charge is 0.432 e. The van der Waals surface area contributed by atoms with Crippen molar-refractivity contribution in [1.82, 2.24) is 0 Å². The summed E-state index contributed by atoms with van der Waals surface area (Å²) >= 11 is 0. The number of benzene rings is 4. The summed E-state index contributed by atoms with van der Waals surface area (Å²) in [4.78, 5) is 0. The Morgan fingerprint density at radius 2 is 1.15 bits per heavy atom. The van der Waals surface area contributed by atoms with E-state index in [9.17, 15) is 30.7 Å². The van der Waals surface area contributed by atoms with Crippen molar-refractivity contribution < 1.29 is 44.3 Å². The van der Waals surface area contributed by atoms with E-state index < -0.39 is 69.3 Å². The van der Waals surface area contributed by atoms with Crippen LogP contribution in [-0.2, 0) is 19.0 Å². The van der Waals surface area contributed by atoms with Crippen molar-refractivity contribution in [1.29, 1.82) is 0 Å². The number of hydrogen-bond donors (Lipinski definition) is 0. The molecule has 1 atom stereocenters. The molecule has 0 aromatic heterocycles. The summed E-state index contributed by atoms with van der Waals surface area (Å²) in [5, 5.41) is 0. The van der Waals surface area contributed by atoms with E-state index in [0.717, 1.165) is 36.1 Å². The van der Waals surface area contributed by atoms with Crippen molar-refractivity contribution in [2.75, 3.05) is 0 Å². The van der Waals surface area contributed by atoms with Gasteiger partial charge in [-0.3, -0.25) is 0 Å². The van der Waals surface area contributed by atoms with Crippen molar-refractivity contribution in [3.8, 4) is 28.0 Å². The molecular weight excluding hydrogens is 535 g/mol. The SMILES string of the molecule is CC1Cc2ccc(-c3cc(F)c(-c4cc(F)c(C(F)(F)Oc5cc(F)c(F)c(F)c5)c(F)c4)c(F)c3)cc2C1. The van der Waals surface area contributed by atoms with Gasteiger partial charge >= 0.3 is 6.11 Å². The third kappa shape index (κ3) is 4.95. The zero-order valence-corrected chi connectivity index (χ0v) is 20.0. The lowest BCUT2D eigenvalue weighted by Gasteiger charge is -2.20. The molecule has 0 N–H and O–H groups in total. The molecule has 0 saturated carbocycles. The van der Waals surface area contributed by atoms with Gasteiger partial charge in [0.2, 0.25) is 0 Å². The van der Waals surface area contributed by atoms with Crippen LogP contribution in [0, 0.1) is 46.6 Å². The lowest BCUT2D eigenvalue weighted by atomic mass is 9.96. The van der Waals surface area contributed by atoms with E-state index in [1.165, 1.54) is 0 Å². The first-order valence-corrected chi connectivity index (χ1v) is 11.7. The number of alkyl halides is 2. The fraction of sp³-hybridized carbons (Fsp3) is 0.172. The van der Waals surface area contributed by atoms with Crippen LogP contribution in [0.3, 0.4) is 0 Å². The van der Waals surface area contributed by atoms with Gasteiger partial charge in [-0.15, -0.1) is 0 Å². The first-order chi connectivity index (χ1) is 18.3. The van der Waals surface area contributed by atoms with E-state index in [0.29, 0.717) is 11.5 Å². The van der Waals surface area contributed by atoms with Gasteiger partial charge in [0.25, 0.3) is 0 Å². The molecule has 10 heteroatoms. The molecule has 39 heavy (non-hydrogen) atoms. The lowest BCUT2D eigenvalue weighted by Crippen LogP contribution is -2.25. The van der Waals surface area contributed by atoms with Gasteiger partial charge < -0.3 is 4.74 Å². The van der Waals surface area contributed by atoms with Gasteiger partial charge in [0.15, 0.2) is 17.5 Å². The Balaban J connectivity index is 1.48. The van der Waals surface area contributed by atoms with Crippen molar-refractivity contribution in [3.05, 3.63) is 112 Å². The number of hydrogen-bond acceptors (Lipinski definition) is 1. The van der Waals surface area contributed by atoms with Gasteiger partial charge in [-0.05, 0) is 70.8 Å². The maximum atomic E-state index is 15.1. The molecule has 0 bridgehead atoms. The van der Waals surface area contributed by atoms with E-state index in [1.807, 2.05) is 12.1 Å². The molecule has 4 aromatic rings. The van der Waals surface area contributed by atoms with Crippen molar-refractivity contribution in [2.24, 2.45) is 5.92 Å². The number of fused-ring (bicyclic) bond motifs is 1. The minimum Gasteiger partial charge on any atom is -0.429 e. The Kier molecular flexibility index (Phi) is 6.60. The standard InChI is InChI=1S/C29H17F9O/c1-13-4-14-2-3-15(6-16(14)5-13)17-7-20(30)26(21(31)8-17)18-9-22(32)27(23(33)10-18)29(37,38)39-19-11-24(34)28(36)25(35)12-19/h2-3,6-13H,4-5H2,1H3. The van der Waals surface area contributed by atoms with E-state index in [2.05, 4.69) is 11.7 Å². The highest BCUT2D eigenvalue weighted by atomic mass is 19.3. The van der Waals surface area contributed by atoms with Crippen LogP contribution in [0.5, 0.6) is 5.75 Å². The van der Waals surface area contributed by atoms with Gasteiger partial charge in [0.1, 0.15) is 34.6 Å². The molecule has 0 spiro atoms. The summed E-state index contributed by atoms with van der Waals surface area (Å²) in [5.41, 5.74) is -0.652. The molecule has 5 rings (SSSR count). The van der Waals surface area contributed by atoms with Crippen LogP contribution in [0.1, 0.15) is 23.6 Å². The summed E-state index contributed by atoms with van der Waals surface area (Å²) in [6, 6.07) is 8.02. The summed E-state index contributed by atoms with van der Waals surface area (Å²) in [6.07, 6.45) is -3.13. The highest BCUT2D eigenvalue weighted by molar-refractivity contribution is 5.73. The van der Waals surface area contributed by atoms with Crippen LogP contribution in [-0.4, -0.2) is 0 Å². The molecule has 1 unspecified atom stereocenters. The molecule has 4 aromatic carbocycles. The molecule has 0 aliphatic heterocycles. The first-order valence-electron chi connectivity index (χ1n) is 11.7. The molecule has 1 aliphatic carbocycles. The Bertz CT molecular complexity index is 1540. The molecule has 0 amide bonds. The van der Waals surface area contributed by atoms with Crippen LogP contribution in [0.15, 0.2) is 54.6 Å². The third-order valence-corrected chi connectivity index (χ3v) is 6.54. The number of rotatable bonds is 5. The van der Waals surface area contributed by atoms with Crippen LogP contribution in [0.4, 0.5) is 39.5 Å². The zero-order valence-electron chi connectivity index (χ0n) is 20.0. The maximum absolute atomic E-state index is 15.1. The smallest absolute Gasteiger partial charge is 0.429 e. The average Bonchev–Trinajstić information content (AvgIpc) is 3.20. The summed E-state index contributed by atoms with van der Waals surface area (Å²) in [6.45, 7) is 2.09. The van der Waals surface area contributed by atoms with Crippen LogP contribution in [0.25, 0.3) is 22.3 Å². The van der Waals surface area contributed by atoms with Gasteiger partial charge in [0, 0.05) is 12.1 Å². The fourth-order valence-corrected chi connectivity index (χ4v) is 4.82. The zero-order chi connectivity index (χ0) is 28.2. The van der Waals surface area contributed by atoms with E-state index in [4.69, 9.17) is 0 Å². The summed E-state index contributed by atoms with van der Waals surface area (Å²) < 4.78 is 133. The molecule has 202 valence electrons. The van der Waals surface area contributed by atoms with Crippen LogP contribution >= 0.6 is 0 Å². The Labute approximate surface area is 216 Å². The minimum atomic E-state index is -4.84. The molecule has 0 heterocycles. The van der Waals surface area contributed by atoms with Crippen LogP contribution < -0.4 is 4.74 Å². The van der Waals surface area contributed by atoms with Gasteiger partial charge in [-0.25, -0.2) is 30.7 Å². The average molecular weight is 552 g/mol. The molecular formula is C29H17F9O. The summed E-state index contributed by atoms with van der Waals surface area (Å²) in [7, 11) is 0. The van der Waals surface area contributed by atoms with Gasteiger partial charge in [-0.2, -0.15) is 8.78 Å². The first kappa shape index (κ1) is 26.6. The molecule has 1 nitrogen and oxygen atoms in total. The van der Waals surface area contributed by atoms with Crippen molar-refractivity contribution >= 4 is 0 Å². The monoisotopic (exact) mass is 552 g/mol. The second-order valence-electron chi connectivity index (χ2n) is 9.45. The number of ether oxygens (including phenoxy) is 1.